The maximum Gasteiger partial charge on any atom is 0.271 e. The van der Waals surface area contributed by atoms with Gasteiger partial charge >= 0.3 is 0 Å². The van der Waals surface area contributed by atoms with E-state index in [1.54, 1.807) is 0 Å². The van der Waals surface area contributed by atoms with Gasteiger partial charge in [-0.3, -0.25) is 4.79 Å². The predicted molar refractivity (Wildman–Crippen MR) is 103 cm³/mol. The van der Waals surface area contributed by atoms with Crippen molar-refractivity contribution < 1.29 is 13.9 Å². The van der Waals surface area contributed by atoms with Gasteiger partial charge in [0.2, 0.25) is 0 Å². The first-order chi connectivity index (χ1) is 13.1. The average Bonchev–Trinajstić information content (AvgIpc) is 2.69. The van der Waals surface area contributed by atoms with E-state index in [4.69, 9.17) is 4.74 Å². The number of hydrogen-bond acceptors (Lipinski definition) is 3. The van der Waals surface area contributed by atoms with E-state index in [1.807, 2.05) is 43.3 Å². The van der Waals surface area contributed by atoms with Crippen molar-refractivity contribution in [3.63, 3.8) is 0 Å². The van der Waals surface area contributed by atoms with Gasteiger partial charge in [0.15, 0.2) is 0 Å². The summed E-state index contributed by atoms with van der Waals surface area (Å²) in [6.07, 6.45) is 1.53. The standard InChI is InChI=1S/C22H19FN2O2/c1-16-2-4-18(5-3-16)15-27-21-12-6-17(7-13-21)14-24-25-22(26)19-8-10-20(23)11-9-19/h2-14H,15H2,1H3,(H,25,26). The first-order valence-corrected chi connectivity index (χ1v) is 8.47. The molecule has 0 heterocycles. The Bertz CT molecular complexity index is 918. The minimum atomic E-state index is -0.399. The van der Waals surface area contributed by atoms with Crippen molar-refractivity contribution in [1.29, 1.82) is 0 Å². The highest BCUT2D eigenvalue weighted by Gasteiger charge is 2.03. The molecule has 0 spiro atoms. The molecular weight excluding hydrogens is 343 g/mol. The molecule has 0 saturated heterocycles. The van der Waals surface area contributed by atoms with E-state index in [-0.39, 0.29) is 5.82 Å². The summed E-state index contributed by atoms with van der Waals surface area (Å²) in [7, 11) is 0. The van der Waals surface area contributed by atoms with Crippen LogP contribution >= 0.6 is 0 Å². The Labute approximate surface area is 157 Å². The number of nitrogens with one attached hydrogen (secondary N) is 1. The van der Waals surface area contributed by atoms with Crippen LogP contribution in [0.3, 0.4) is 0 Å². The number of aryl methyl sites for hydroxylation is 1. The molecule has 3 aromatic carbocycles. The van der Waals surface area contributed by atoms with Crippen molar-refractivity contribution in [2.24, 2.45) is 5.10 Å². The van der Waals surface area contributed by atoms with E-state index in [1.165, 1.54) is 36.0 Å². The highest BCUT2D eigenvalue weighted by atomic mass is 19.1. The van der Waals surface area contributed by atoms with Crippen molar-refractivity contribution in [2.45, 2.75) is 13.5 Å². The third kappa shape index (κ3) is 5.51. The quantitative estimate of drug-likeness (QED) is 0.519. The number of benzene rings is 3. The SMILES string of the molecule is Cc1ccc(COc2ccc(C=NNC(=O)c3ccc(F)cc3)cc2)cc1. The number of hydrogen-bond donors (Lipinski definition) is 1. The molecule has 0 saturated carbocycles. The number of carbonyl (C=O) groups is 1. The molecule has 5 heteroatoms. The molecule has 1 N–H and O–H groups in total. The van der Waals surface area contributed by atoms with E-state index in [2.05, 4.69) is 22.7 Å². The van der Waals surface area contributed by atoms with E-state index in [9.17, 15) is 9.18 Å². The van der Waals surface area contributed by atoms with Gasteiger partial charge in [-0.05, 0) is 66.6 Å². The highest BCUT2D eigenvalue weighted by molar-refractivity contribution is 5.94. The molecule has 3 rings (SSSR count). The van der Waals surface area contributed by atoms with Crippen LogP contribution < -0.4 is 10.2 Å². The fraction of sp³-hybridized carbons (Fsp3) is 0.0909. The van der Waals surface area contributed by atoms with Gasteiger partial charge in [-0.1, -0.05) is 29.8 Å². The van der Waals surface area contributed by atoms with Gasteiger partial charge in [0, 0.05) is 5.56 Å². The Morgan fingerprint density at radius 1 is 1.00 bits per heavy atom. The van der Waals surface area contributed by atoms with Crippen LogP contribution in [0.5, 0.6) is 5.75 Å². The van der Waals surface area contributed by atoms with Gasteiger partial charge in [0.25, 0.3) is 5.91 Å². The molecule has 3 aromatic rings. The zero-order valence-corrected chi connectivity index (χ0v) is 14.9. The second kappa shape index (κ2) is 8.76. The Morgan fingerprint density at radius 2 is 1.67 bits per heavy atom. The van der Waals surface area contributed by atoms with Gasteiger partial charge in [0.05, 0.1) is 6.21 Å². The molecule has 0 unspecified atom stereocenters. The van der Waals surface area contributed by atoms with Crippen LogP contribution in [-0.2, 0) is 6.61 Å². The molecule has 136 valence electrons. The zero-order chi connectivity index (χ0) is 19.1. The van der Waals surface area contributed by atoms with Crippen LogP contribution in [0.1, 0.15) is 27.0 Å². The van der Waals surface area contributed by atoms with Gasteiger partial charge in [0.1, 0.15) is 18.2 Å². The monoisotopic (exact) mass is 362 g/mol. The Hall–Kier alpha value is -3.47. The second-order valence-corrected chi connectivity index (χ2v) is 6.05. The molecule has 0 bridgehead atoms. The molecule has 0 atom stereocenters. The van der Waals surface area contributed by atoms with Gasteiger partial charge in [-0.2, -0.15) is 5.10 Å². The average molecular weight is 362 g/mol. The van der Waals surface area contributed by atoms with E-state index in [0.717, 1.165) is 16.9 Å². The minimum Gasteiger partial charge on any atom is -0.489 e. The lowest BCUT2D eigenvalue weighted by Gasteiger charge is -2.06. The predicted octanol–water partition coefficient (Wildman–Crippen LogP) is 4.48. The van der Waals surface area contributed by atoms with Crippen molar-refractivity contribution in [3.05, 3.63) is 101 Å². The van der Waals surface area contributed by atoms with Gasteiger partial charge in [-0.25, -0.2) is 9.82 Å². The van der Waals surface area contributed by atoms with Crippen molar-refractivity contribution in [1.82, 2.24) is 5.43 Å². The number of carbonyl (C=O) groups excluding carboxylic acids is 1. The second-order valence-electron chi connectivity index (χ2n) is 6.05. The molecule has 0 aliphatic carbocycles. The van der Waals surface area contributed by atoms with Gasteiger partial charge < -0.3 is 4.74 Å². The number of hydrazone groups is 1. The molecule has 0 radical (unpaired) electrons. The largest absolute Gasteiger partial charge is 0.489 e. The van der Waals surface area contributed by atoms with Crippen LogP contribution in [0.4, 0.5) is 4.39 Å². The fourth-order valence-electron chi connectivity index (χ4n) is 2.33. The van der Waals surface area contributed by atoms with Crippen LogP contribution in [0.2, 0.25) is 0 Å². The first-order valence-electron chi connectivity index (χ1n) is 8.47. The summed E-state index contributed by atoms with van der Waals surface area (Å²) in [5, 5.41) is 3.91. The molecule has 27 heavy (non-hydrogen) atoms. The van der Waals surface area contributed by atoms with Gasteiger partial charge in [-0.15, -0.1) is 0 Å². The number of amides is 1. The van der Waals surface area contributed by atoms with Crippen molar-refractivity contribution >= 4 is 12.1 Å². The Morgan fingerprint density at radius 3 is 2.33 bits per heavy atom. The summed E-state index contributed by atoms with van der Waals surface area (Å²) in [5.74, 6) is -0.0351. The fourth-order valence-corrected chi connectivity index (χ4v) is 2.33. The van der Waals surface area contributed by atoms with Crippen LogP contribution in [0.15, 0.2) is 77.9 Å². The number of nitrogens with zero attached hydrogens (tertiary/aromatic N) is 1. The smallest absolute Gasteiger partial charge is 0.271 e. The summed E-state index contributed by atoms with van der Waals surface area (Å²) in [4.78, 5) is 11.9. The number of rotatable bonds is 6. The summed E-state index contributed by atoms with van der Waals surface area (Å²) >= 11 is 0. The molecule has 0 aromatic heterocycles. The van der Waals surface area contributed by atoms with E-state index in [0.29, 0.717) is 12.2 Å². The molecule has 0 aliphatic heterocycles. The Balaban J connectivity index is 1.50. The topological polar surface area (TPSA) is 50.7 Å². The molecule has 4 nitrogen and oxygen atoms in total. The number of ether oxygens (including phenoxy) is 1. The molecule has 0 fully saturated rings. The highest BCUT2D eigenvalue weighted by Crippen LogP contribution is 2.14. The van der Waals surface area contributed by atoms with Crippen LogP contribution in [0.25, 0.3) is 0 Å². The molecular formula is C22H19FN2O2. The van der Waals surface area contributed by atoms with E-state index < -0.39 is 5.91 Å². The Kier molecular flexibility index (Phi) is 5.94. The van der Waals surface area contributed by atoms with Crippen LogP contribution in [-0.4, -0.2) is 12.1 Å². The summed E-state index contributed by atoms with van der Waals surface area (Å²) in [6.45, 7) is 2.55. The lowest BCUT2D eigenvalue weighted by Crippen LogP contribution is -2.17. The van der Waals surface area contributed by atoms with E-state index >= 15 is 0 Å². The normalized spacial score (nSPS) is 10.7. The van der Waals surface area contributed by atoms with Crippen molar-refractivity contribution in [3.8, 4) is 5.75 Å². The maximum absolute atomic E-state index is 12.9. The summed E-state index contributed by atoms with van der Waals surface area (Å²) in [6, 6.07) is 20.8. The van der Waals surface area contributed by atoms with Crippen molar-refractivity contribution in [2.75, 3.05) is 0 Å². The lowest BCUT2D eigenvalue weighted by molar-refractivity contribution is 0.0955. The lowest BCUT2D eigenvalue weighted by atomic mass is 10.2. The third-order valence-electron chi connectivity index (χ3n) is 3.89. The first kappa shape index (κ1) is 18.3. The molecule has 1 amide bonds. The number of halogens is 1. The maximum atomic E-state index is 12.9. The molecule has 0 aliphatic rings. The van der Waals surface area contributed by atoms with Crippen LogP contribution in [0, 0.1) is 12.7 Å². The summed E-state index contributed by atoms with van der Waals surface area (Å²) in [5.41, 5.74) is 5.89. The summed E-state index contributed by atoms with van der Waals surface area (Å²) < 4.78 is 18.6. The minimum absolute atomic E-state index is 0.341. The zero-order valence-electron chi connectivity index (χ0n) is 14.9. The third-order valence-corrected chi connectivity index (χ3v) is 3.89.